The number of benzene rings is 1. The topological polar surface area (TPSA) is 49.1 Å². The molecule has 0 N–H and O–H groups in total. The maximum Gasteiger partial charge on any atom is 0.262 e. The van der Waals surface area contributed by atoms with Gasteiger partial charge in [-0.15, -0.1) is 0 Å². The molecule has 0 bridgehead atoms. The van der Waals surface area contributed by atoms with Gasteiger partial charge in [0, 0.05) is 18.9 Å². The number of fused-ring (bicyclic) bond motifs is 1. The number of rotatable bonds is 3. The molecule has 24 heavy (non-hydrogen) atoms. The van der Waals surface area contributed by atoms with E-state index in [1.165, 1.54) is 0 Å². The number of aromatic nitrogens is 3. The lowest BCUT2D eigenvalue weighted by molar-refractivity contribution is 0.0675. The molecule has 1 fully saturated rings. The summed E-state index contributed by atoms with van der Waals surface area (Å²) >= 11 is 0. The highest BCUT2D eigenvalue weighted by Crippen LogP contribution is 2.24. The summed E-state index contributed by atoms with van der Waals surface area (Å²) in [5.74, 6) is 0. The van der Waals surface area contributed by atoms with Gasteiger partial charge in [0.15, 0.2) is 0 Å². The summed E-state index contributed by atoms with van der Waals surface area (Å²) in [7, 11) is 0. The lowest BCUT2D eigenvalue weighted by atomic mass is 10.1. The lowest BCUT2D eigenvalue weighted by Gasteiger charge is -2.23. The monoisotopic (exact) mass is 323 g/mol. The van der Waals surface area contributed by atoms with E-state index in [2.05, 4.69) is 11.2 Å². The van der Waals surface area contributed by atoms with Crippen LogP contribution in [0.3, 0.4) is 0 Å². The van der Waals surface area contributed by atoms with E-state index in [-0.39, 0.29) is 5.56 Å². The summed E-state index contributed by atoms with van der Waals surface area (Å²) in [6.45, 7) is 4.10. The van der Waals surface area contributed by atoms with Crippen LogP contribution in [0.4, 0.5) is 0 Å². The Morgan fingerprint density at radius 1 is 1.21 bits per heavy atom. The minimum atomic E-state index is 0.0344. The smallest absolute Gasteiger partial charge is 0.262 e. The SMILES string of the molecule is Cc1cc2c(cnn2C2CCOCC2)c(=O)n1Cc1ccccc1. The van der Waals surface area contributed by atoms with E-state index in [0.717, 1.165) is 42.8 Å². The van der Waals surface area contributed by atoms with Crippen LogP contribution >= 0.6 is 0 Å². The molecule has 0 radical (unpaired) electrons. The number of nitrogens with zero attached hydrogens (tertiary/aromatic N) is 3. The van der Waals surface area contributed by atoms with Crippen molar-refractivity contribution in [1.29, 1.82) is 0 Å². The van der Waals surface area contributed by atoms with E-state index in [4.69, 9.17) is 4.74 Å². The highest BCUT2D eigenvalue weighted by atomic mass is 16.5. The quantitative estimate of drug-likeness (QED) is 0.744. The van der Waals surface area contributed by atoms with Crippen molar-refractivity contribution in [2.45, 2.75) is 32.4 Å². The molecule has 1 aliphatic rings. The first-order chi connectivity index (χ1) is 11.7. The van der Waals surface area contributed by atoms with Crippen LogP contribution in [0.25, 0.3) is 10.9 Å². The number of aryl methyl sites for hydroxylation is 1. The molecule has 5 heteroatoms. The molecule has 1 saturated heterocycles. The molecule has 3 heterocycles. The minimum absolute atomic E-state index is 0.0344. The Hall–Kier alpha value is -2.40. The van der Waals surface area contributed by atoms with Crippen LogP contribution in [0.5, 0.6) is 0 Å². The van der Waals surface area contributed by atoms with Crippen LogP contribution in [0.2, 0.25) is 0 Å². The van der Waals surface area contributed by atoms with Crippen LogP contribution in [-0.2, 0) is 11.3 Å². The molecular weight excluding hydrogens is 302 g/mol. The van der Waals surface area contributed by atoms with Gasteiger partial charge in [0.1, 0.15) is 0 Å². The molecule has 0 amide bonds. The predicted octanol–water partition coefficient (Wildman–Crippen LogP) is 2.91. The third kappa shape index (κ3) is 2.65. The fraction of sp³-hybridized carbons (Fsp3) is 0.368. The third-order valence-corrected chi connectivity index (χ3v) is 4.80. The Morgan fingerprint density at radius 2 is 1.96 bits per heavy atom. The molecule has 2 aromatic heterocycles. The Bertz CT molecular complexity index is 906. The van der Waals surface area contributed by atoms with Crippen molar-refractivity contribution in [1.82, 2.24) is 14.3 Å². The van der Waals surface area contributed by atoms with Gasteiger partial charge in [-0.25, -0.2) is 0 Å². The van der Waals surface area contributed by atoms with Gasteiger partial charge in [-0.3, -0.25) is 9.48 Å². The van der Waals surface area contributed by atoms with Crippen molar-refractivity contribution in [3.05, 3.63) is 64.2 Å². The molecule has 124 valence electrons. The van der Waals surface area contributed by atoms with E-state index in [9.17, 15) is 4.79 Å². The van der Waals surface area contributed by atoms with Gasteiger partial charge in [0.25, 0.3) is 5.56 Å². The van der Waals surface area contributed by atoms with Crippen LogP contribution in [0.1, 0.15) is 30.1 Å². The number of hydrogen-bond donors (Lipinski definition) is 0. The molecule has 1 aliphatic heterocycles. The van der Waals surface area contributed by atoms with Crippen LogP contribution in [-0.4, -0.2) is 27.6 Å². The maximum absolute atomic E-state index is 12.9. The van der Waals surface area contributed by atoms with Crippen molar-refractivity contribution in [2.75, 3.05) is 13.2 Å². The van der Waals surface area contributed by atoms with Gasteiger partial charge >= 0.3 is 0 Å². The van der Waals surface area contributed by atoms with Gasteiger partial charge < -0.3 is 9.30 Å². The molecule has 0 saturated carbocycles. The molecule has 0 atom stereocenters. The number of hydrogen-bond acceptors (Lipinski definition) is 3. The van der Waals surface area contributed by atoms with Crippen molar-refractivity contribution in [2.24, 2.45) is 0 Å². The van der Waals surface area contributed by atoms with E-state index in [1.807, 2.05) is 46.5 Å². The predicted molar refractivity (Wildman–Crippen MR) is 93.4 cm³/mol. The van der Waals surface area contributed by atoms with Crippen molar-refractivity contribution in [3.63, 3.8) is 0 Å². The third-order valence-electron chi connectivity index (χ3n) is 4.80. The second kappa shape index (κ2) is 6.24. The standard InChI is InChI=1S/C19H21N3O2/c1-14-11-18-17(12-20-22(18)16-7-9-24-10-8-16)19(23)21(14)13-15-5-3-2-4-6-15/h2-6,11-12,16H,7-10,13H2,1H3. The first kappa shape index (κ1) is 15.1. The molecule has 0 spiro atoms. The zero-order valence-electron chi connectivity index (χ0n) is 13.8. The normalized spacial score (nSPS) is 15.9. The molecule has 0 unspecified atom stereocenters. The summed E-state index contributed by atoms with van der Waals surface area (Å²) in [6, 6.07) is 12.5. The minimum Gasteiger partial charge on any atom is -0.381 e. The maximum atomic E-state index is 12.9. The number of ether oxygens (including phenoxy) is 1. The summed E-state index contributed by atoms with van der Waals surface area (Å²) < 4.78 is 9.28. The van der Waals surface area contributed by atoms with Crippen LogP contribution in [0, 0.1) is 6.92 Å². The Morgan fingerprint density at radius 3 is 2.71 bits per heavy atom. The largest absolute Gasteiger partial charge is 0.381 e. The highest BCUT2D eigenvalue weighted by molar-refractivity contribution is 5.78. The molecule has 1 aromatic carbocycles. The second-order valence-electron chi connectivity index (χ2n) is 6.39. The molecule has 0 aliphatic carbocycles. The average molecular weight is 323 g/mol. The Labute approximate surface area is 140 Å². The Kier molecular flexibility index (Phi) is 3.94. The summed E-state index contributed by atoms with van der Waals surface area (Å²) in [6.07, 6.45) is 3.61. The lowest BCUT2D eigenvalue weighted by Crippen LogP contribution is -2.24. The first-order valence-electron chi connectivity index (χ1n) is 8.43. The first-order valence-corrected chi connectivity index (χ1v) is 8.43. The summed E-state index contributed by atoms with van der Waals surface area (Å²) in [4.78, 5) is 12.9. The van der Waals surface area contributed by atoms with Crippen molar-refractivity contribution in [3.8, 4) is 0 Å². The summed E-state index contributed by atoms with van der Waals surface area (Å²) in [5.41, 5.74) is 3.06. The van der Waals surface area contributed by atoms with E-state index < -0.39 is 0 Å². The molecular formula is C19H21N3O2. The fourth-order valence-electron chi connectivity index (χ4n) is 3.44. The van der Waals surface area contributed by atoms with Crippen LogP contribution < -0.4 is 5.56 Å². The van der Waals surface area contributed by atoms with E-state index >= 15 is 0 Å². The summed E-state index contributed by atoms with van der Waals surface area (Å²) in [5, 5.41) is 5.21. The Balaban J connectivity index is 1.77. The fourth-order valence-corrected chi connectivity index (χ4v) is 3.44. The van der Waals surface area contributed by atoms with Gasteiger partial charge in [-0.2, -0.15) is 5.10 Å². The molecule has 3 aromatic rings. The van der Waals surface area contributed by atoms with Gasteiger partial charge in [0.05, 0.1) is 29.7 Å². The molecule has 4 rings (SSSR count). The second-order valence-corrected chi connectivity index (χ2v) is 6.39. The molecule has 5 nitrogen and oxygen atoms in total. The van der Waals surface area contributed by atoms with Gasteiger partial charge in [0.2, 0.25) is 0 Å². The van der Waals surface area contributed by atoms with E-state index in [0.29, 0.717) is 18.0 Å². The zero-order valence-corrected chi connectivity index (χ0v) is 13.8. The van der Waals surface area contributed by atoms with Gasteiger partial charge in [-0.1, -0.05) is 30.3 Å². The highest BCUT2D eigenvalue weighted by Gasteiger charge is 2.20. The van der Waals surface area contributed by atoms with E-state index in [1.54, 1.807) is 6.20 Å². The average Bonchev–Trinajstić information content (AvgIpc) is 3.04. The van der Waals surface area contributed by atoms with Gasteiger partial charge in [-0.05, 0) is 31.4 Å². The van der Waals surface area contributed by atoms with Crippen LogP contribution in [0.15, 0.2) is 47.4 Å². The zero-order chi connectivity index (χ0) is 16.5. The number of pyridine rings is 1. The van der Waals surface area contributed by atoms with Crippen molar-refractivity contribution >= 4 is 10.9 Å². The van der Waals surface area contributed by atoms with Crippen molar-refractivity contribution < 1.29 is 4.74 Å².